The smallest absolute Gasteiger partial charge is 0.314 e. The molecule has 1 saturated carbocycles. The van der Waals surface area contributed by atoms with Gasteiger partial charge < -0.3 is 5.11 Å². The Hall–Kier alpha value is -1.82. The van der Waals surface area contributed by atoms with Crippen molar-refractivity contribution in [2.75, 3.05) is 0 Å². The van der Waals surface area contributed by atoms with E-state index in [4.69, 9.17) is 5.26 Å². The maximum atomic E-state index is 11.6. The van der Waals surface area contributed by atoms with E-state index in [9.17, 15) is 9.90 Å². The number of carboxylic acid groups (broad SMARTS) is 1. The van der Waals surface area contributed by atoms with E-state index < -0.39 is 11.4 Å². The summed E-state index contributed by atoms with van der Waals surface area (Å²) in [5, 5.41) is 18.7. The Morgan fingerprint density at radius 1 is 1.33 bits per heavy atom. The van der Waals surface area contributed by atoms with Crippen LogP contribution in [0.25, 0.3) is 0 Å². The van der Waals surface area contributed by atoms with Crippen LogP contribution in [0.15, 0.2) is 12.1 Å². The molecule has 3 nitrogen and oxygen atoms in total. The van der Waals surface area contributed by atoms with Gasteiger partial charge in [0.1, 0.15) is 0 Å². The summed E-state index contributed by atoms with van der Waals surface area (Å²) in [6.45, 7) is 3.84. The predicted octanol–water partition coefficient (Wildman–Crippen LogP) is 3.07. The number of nitriles is 1. The summed E-state index contributed by atoms with van der Waals surface area (Å²) >= 11 is 0. The van der Waals surface area contributed by atoms with Gasteiger partial charge in [-0.3, -0.25) is 4.79 Å². The van der Waals surface area contributed by atoms with Crippen LogP contribution < -0.4 is 0 Å². The highest BCUT2D eigenvalue weighted by atomic mass is 16.4. The lowest BCUT2D eigenvalue weighted by atomic mass is 9.77. The van der Waals surface area contributed by atoms with E-state index in [0.29, 0.717) is 18.4 Å². The normalized spacial score (nSPS) is 17.4. The first-order valence-electron chi connectivity index (χ1n) is 6.26. The fourth-order valence-corrected chi connectivity index (χ4v) is 2.86. The van der Waals surface area contributed by atoms with Gasteiger partial charge in [0.05, 0.1) is 17.0 Å². The molecule has 0 aliphatic heterocycles. The Bertz CT molecular complexity index is 534. The molecule has 0 unspecified atom stereocenters. The Morgan fingerprint density at radius 3 is 2.44 bits per heavy atom. The molecule has 0 amide bonds. The van der Waals surface area contributed by atoms with E-state index in [-0.39, 0.29) is 0 Å². The van der Waals surface area contributed by atoms with Gasteiger partial charge in [0, 0.05) is 0 Å². The first kappa shape index (κ1) is 12.6. The number of rotatable bonds is 2. The van der Waals surface area contributed by atoms with E-state index in [2.05, 4.69) is 6.07 Å². The number of hydrogen-bond acceptors (Lipinski definition) is 2. The molecule has 1 N–H and O–H groups in total. The lowest BCUT2D eigenvalue weighted by Gasteiger charge is -2.25. The van der Waals surface area contributed by atoms with Crippen LogP contribution >= 0.6 is 0 Å². The molecule has 0 atom stereocenters. The third-order valence-corrected chi connectivity index (χ3v) is 4.21. The van der Waals surface area contributed by atoms with Crippen LogP contribution in [0, 0.1) is 25.2 Å². The van der Waals surface area contributed by atoms with Crippen LogP contribution in [0.2, 0.25) is 0 Å². The van der Waals surface area contributed by atoms with Crippen molar-refractivity contribution in [3.05, 3.63) is 34.4 Å². The average Bonchev–Trinajstić information content (AvgIpc) is 2.83. The van der Waals surface area contributed by atoms with Gasteiger partial charge >= 0.3 is 5.97 Å². The summed E-state index contributed by atoms with van der Waals surface area (Å²) in [6, 6.07) is 5.87. The molecule has 1 aromatic rings. The van der Waals surface area contributed by atoms with E-state index in [1.165, 1.54) is 0 Å². The van der Waals surface area contributed by atoms with Crippen LogP contribution in [-0.2, 0) is 10.2 Å². The minimum absolute atomic E-state index is 0.595. The number of aliphatic carboxylic acids is 1. The van der Waals surface area contributed by atoms with Crippen molar-refractivity contribution in [2.45, 2.75) is 44.9 Å². The maximum absolute atomic E-state index is 11.6. The van der Waals surface area contributed by atoms with Crippen molar-refractivity contribution < 1.29 is 9.90 Å². The predicted molar refractivity (Wildman–Crippen MR) is 68.4 cm³/mol. The zero-order chi connectivity index (χ0) is 13.3. The van der Waals surface area contributed by atoms with E-state index in [1.54, 1.807) is 6.07 Å². The minimum Gasteiger partial charge on any atom is -0.481 e. The first-order valence-corrected chi connectivity index (χ1v) is 6.26. The summed E-state index contributed by atoms with van der Waals surface area (Å²) in [7, 11) is 0. The molecule has 2 rings (SSSR count). The number of carboxylic acids is 1. The van der Waals surface area contributed by atoms with Crippen LogP contribution in [0.1, 0.15) is 47.9 Å². The van der Waals surface area contributed by atoms with E-state index in [0.717, 1.165) is 29.5 Å². The quantitative estimate of drug-likeness (QED) is 0.868. The third-order valence-electron chi connectivity index (χ3n) is 4.21. The molecule has 0 saturated heterocycles. The van der Waals surface area contributed by atoms with Crippen molar-refractivity contribution in [1.29, 1.82) is 5.26 Å². The largest absolute Gasteiger partial charge is 0.481 e. The lowest BCUT2D eigenvalue weighted by molar-refractivity contribution is -0.143. The van der Waals surface area contributed by atoms with Gasteiger partial charge in [-0.05, 0) is 49.4 Å². The SMILES string of the molecule is Cc1cc(C2(C(=O)O)CCCC2)cc(C#N)c1C. The second-order valence-corrected chi connectivity index (χ2v) is 5.17. The zero-order valence-electron chi connectivity index (χ0n) is 10.8. The van der Waals surface area contributed by atoms with Crippen LogP contribution in [0.3, 0.4) is 0 Å². The molecule has 0 bridgehead atoms. The number of aryl methyl sites for hydroxylation is 1. The minimum atomic E-state index is -0.774. The lowest BCUT2D eigenvalue weighted by Crippen LogP contribution is -2.32. The first-order chi connectivity index (χ1) is 8.51. The molecule has 94 valence electrons. The number of nitrogens with zero attached hydrogens (tertiary/aromatic N) is 1. The van der Waals surface area contributed by atoms with Gasteiger partial charge in [0.2, 0.25) is 0 Å². The number of hydrogen-bond donors (Lipinski definition) is 1. The van der Waals surface area contributed by atoms with Crippen molar-refractivity contribution in [2.24, 2.45) is 0 Å². The maximum Gasteiger partial charge on any atom is 0.314 e. The summed E-state index contributed by atoms with van der Waals surface area (Å²) in [5.74, 6) is -0.757. The van der Waals surface area contributed by atoms with E-state index >= 15 is 0 Å². The molecule has 0 spiro atoms. The zero-order valence-corrected chi connectivity index (χ0v) is 10.8. The summed E-state index contributed by atoms with van der Waals surface area (Å²) < 4.78 is 0. The number of benzene rings is 1. The topological polar surface area (TPSA) is 61.1 Å². The summed E-state index contributed by atoms with van der Waals surface area (Å²) in [6.07, 6.45) is 3.24. The van der Waals surface area contributed by atoms with Gasteiger partial charge in [-0.2, -0.15) is 5.26 Å². The van der Waals surface area contributed by atoms with E-state index in [1.807, 2.05) is 19.9 Å². The van der Waals surface area contributed by atoms with Crippen molar-refractivity contribution in [1.82, 2.24) is 0 Å². The Labute approximate surface area is 107 Å². The fraction of sp³-hybridized carbons (Fsp3) is 0.467. The molecular weight excluding hydrogens is 226 g/mol. The molecular formula is C15H17NO2. The van der Waals surface area contributed by atoms with Crippen LogP contribution in [-0.4, -0.2) is 11.1 Å². The van der Waals surface area contributed by atoms with Crippen molar-refractivity contribution in [3.8, 4) is 6.07 Å². The standard InChI is InChI=1S/C15H17NO2/c1-10-7-13(8-12(9-16)11(10)2)15(14(17)18)5-3-4-6-15/h7-8H,3-6H2,1-2H3,(H,17,18). The highest BCUT2D eigenvalue weighted by Crippen LogP contribution is 2.42. The molecule has 1 fully saturated rings. The highest BCUT2D eigenvalue weighted by molar-refractivity contribution is 5.82. The van der Waals surface area contributed by atoms with Crippen molar-refractivity contribution in [3.63, 3.8) is 0 Å². The second-order valence-electron chi connectivity index (χ2n) is 5.17. The van der Waals surface area contributed by atoms with Gasteiger partial charge in [-0.25, -0.2) is 0 Å². The average molecular weight is 243 g/mol. The summed E-state index contributed by atoms with van der Waals surface area (Å²) in [5.41, 5.74) is 2.56. The summed E-state index contributed by atoms with van der Waals surface area (Å²) in [4.78, 5) is 11.6. The Morgan fingerprint density at radius 2 is 1.94 bits per heavy atom. The number of carbonyl (C=O) groups is 1. The van der Waals surface area contributed by atoms with Gasteiger partial charge in [0.15, 0.2) is 0 Å². The van der Waals surface area contributed by atoms with Crippen LogP contribution in [0.5, 0.6) is 0 Å². The molecule has 3 heteroatoms. The molecule has 0 radical (unpaired) electrons. The van der Waals surface area contributed by atoms with Gasteiger partial charge in [-0.15, -0.1) is 0 Å². The van der Waals surface area contributed by atoms with Crippen LogP contribution in [0.4, 0.5) is 0 Å². The molecule has 1 aliphatic rings. The Balaban J connectivity index is 2.60. The molecule has 18 heavy (non-hydrogen) atoms. The second kappa shape index (κ2) is 4.45. The highest BCUT2D eigenvalue weighted by Gasteiger charge is 2.43. The Kier molecular flexibility index (Phi) is 3.13. The van der Waals surface area contributed by atoms with Gasteiger partial charge in [-0.1, -0.05) is 18.9 Å². The molecule has 0 heterocycles. The fourth-order valence-electron chi connectivity index (χ4n) is 2.86. The third kappa shape index (κ3) is 1.78. The molecule has 1 aliphatic carbocycles. The molecule has 1 aromatic carbocycles. The molecule has 0 aromatic heterocycles. The van der Waals surface area contributed by atoms with Gasteiger partial charge in [0.25, 0.3) is 0 Å². The van der Waals surface area contributed by atoms with Crippen molar-refractivity contribution >= 4 is 5.97 Å². The monoisotopic (exact) mass is 243 g/mol.